The van der Waals surface area contributed by atoms with Gasteiger partial charge < -0.3 is 4.90 Å². The van der Waals surface area contributed by atoms with Gasteiger partial charge >= 0.3 is 1.43 Å². The van der Waals surface area contributed by atoms with Crippen LogP contribution in [0.1, 0.15) is 8.35 Å². The van der Waals surface area contributed by atoms with Gasteiger partial charge in [-0.2, -0.15) is 0 Å². The van der Waals surface area contributed by atoms with E-state index in [1.807, 2.05) is 14.1 Å². The Morgan fingerprint density at radius 1 is 1.44 bits per heavy atom. The Morgan fingerprint density at radius 3 is 1.56 bits per heavy atom. The fraction of sp³-hybridized carbons (Fsp3) is 0.857. The molecule has 0 atom stereocenters. The Labute approximate surface area is 60.3 Å². The molecule has 0 bridgehead atoms. The van der Waals surface area contributed by atoms with Gasteiger partial charge in [0, 0.05) is 0 Å². The van der Waals surface area contributed by atoms with Crippen LogP contribution in [-0.4, -0.2) is 50.9 Å². The molecule has 0 saturated carbocycles. The number of hydrogen-bond acceptors (Lipinski definition) is 1. The summed E-state index contributed by atoms with van der Waals surface area (Å²) in [6, 6.07) is 0. The van der Waals surface area contributed by atoms with Gasteiger partial charge in [0.25, 0.3) is 0 Å². The molecule has 0 heterocycles. The molecule has 0 N–H and O–H groups in total. The van der Waals surface area contributed by atoms with Crippen LogP contribution >= 0.6 is 0 Å². The second kappa shape index (κ2) is 7.63. The zero-order chi connectivity index (χ0) is 7.86. The third-order valence-electron chi connectivity index (χ3n) is 0.632. The van der Waals surface area contributed by atoms with Crippen LogP contribution in [-0.2, 0) is 0 Å². The fourth-order valence-corrected chi connectivity index (χ4v) is 0. The maximum Gasteiger partial charge on any atom is 1.00 e. The van der Waals surface area contributed by atoms with E-state index in [2.05, 4.69) is 32.6 Å². The molecule has 0 amide bonds. The summed E-state index contributed by atoms with van der Waals surface area (Å²) in [4.78, 5) is 2.12. The minimum atomic E-state index is 0. The molecule has 0 aliphatic heterocycles. The molecule has 56 valence electrons. The van der Waals surface area contributed by atoms with Crippen molar-refractivity contribution in [1.29, 1.82) is 0 Å². The summed E-state index contributed by atoms with van der Waals surface area (Å²) in [6.45, 7) is 6.74. The minimum Gasteiger partial charge on any atom is -0.310 e. The van der Waals surface area contributed by atoms with Crippen LogP contribution in [0.4, 0.5) is 0 Å². The molecule has 0 fully saturated rings. The van der Waals surface area contributed by atoms with E-state index in [0.29, 0.717) is 0 Å². The first-order valence-corrected chi connectivity index (χ1v) is 3.13. The highest BCUT2D eigenvalue weighted by molar-refractivity contribution is 5.13. The molecule has 0 spiro atoms. The lowest BCUT2D eigenvalue weighted by Crippen LogP contribution is -2.08. The van der Waals surface area contributed by atoms with Gasteiger partial charge in [0.15, 0.2) is 0 Å². The summed E-state index contributed by atoms with van der Waals surface area (Å²) in [5, 5.41) is 0. The maximum atomic E-state index is 3.47. The van der Waals surface area contributed by atoms with Crippen LogP contribution in [0.3, 0.4) is 0 Å². The standard InChI is InChI=1S/C4H11N.C3H8N/c1-4-5(2)3;1-4(2)3/h4H2,1-3H3;1H2,2-3H3/q;+1/p+1. The van der Waals surface area contributed by atoms with E-state index in [1.165, 1.54) is 0 Å². The van der Waals surface area contributed by atoms with Gasteiger partial charge in [-0.25, -0.2) is 4.58 Å². The van der Waals surface area contributed by atoms with Gasteiger partial charge in [-0.1, -0.05) is 6.92 Å². The minimum absolute atomic E-state index is 0. The van der Waals surface area contributed by atoms with E-state index in [9.17, 15) is 0 Å². The molecule has 2 nitrogen and oxygen atoms in total. The van der Waals surface area contributed by atoms with Crippen molar-refractivity contribution >= 4 is 6.72 Å². The van der Waals surface area contributed by atoms with Crippen molar-refractivity contribution < 1.29 is 6.00 Å². The quantitative estimate of drug-likeness (QED) is 0.375. The van der Waals surface area contributed by atoms with Crippen LogP contribution in [0.15, 0.2) is 0 Å². The first-order valence-electron chi connectivity index (χ1n) is 3.13. The molecule has 0 radical (unpaired) electrons. The smallest absolute Gasteiger partial charge is 0.310 e. The Kier molecular flexibility index (Phi) is 9.69. The molecule has 2 heteroatoms. The zero-order valence-electron chi connectivity index (χ0n) is 8.31. The molecule has 0 aromatic carbocycles. The lowest BCUT2D eigenvalue weighted by Gasteiger charge is -2.00. The molecular formula is C7H20N2+2. The molecule has 0 saturated heterocycles. The van der Waals surface area contributed by atoms with E-state index < -0.39 is 0 Å². The third-order valence-corrected chi connectivity index (χ3v) is 0.632. The summed E-state index contributed by atoms with van der Waals surface area (Å²) >= 11 is 0. The number of nitrogens with zero attached hydrogens (tertiary/aromatic N) is 2. The molecule has 9 heavy (non-hydrogen) atoms. The van der Waals surface area contributed by atoms with Crippen LogP contribution in [0, 0.1) is 0 Å². The van der Waals surface area contributed by atoms with E-state index >= 15 is 0 Å². The lowest BCUT2D eigenvalue weighted by molar-refractivity contribution is -0.454. The second-order valence-corrected chi connectivity index (χ2v) is 2.48. The van der Waals surface area contributed by atoms with Gasteiger partial charge in [-0.05, 0) is 20.6 Å². The Balaban J connectivity index is -0.0000000910. The highest BCUT2D eigenvalue weighted by Gasteiger charge is 1.72. The van der Waals surface area contributed by atoms with Gasteiger partial charge in [-0.15, -0.1) is 0 Å². The second-order valence-electron chi connectivity index (χ2n) is 2.48. The van der Waals surface area contributed by atoms with E-state index in [1.54, 1.807) is 4.58 Å². The average Bonchev–Trinajstić information content (AvgIpc) is 1.65. The molecule has 0 unspecified atom stereocenters. The molecule has 0 aliphatic rings. The summed E-state index contributed by atoms with van der Waals surface area (Å²) in [5.74, 6) is 0. The Hall–Kier alpha value is -0.370. The third kappa shape index (κ3) is 91.0. The van der Waals surface area contributed by atoms with Crippen molar-refractivity contribution in [3.05, 3.63) is 0 Å². The topological polar surface area (TPSA) is 6.25 Å². The largest absolute Gasteiger partial charge is 1.00 e. The predicted molar refractivity (Wildman–Crippen MR) is 44.6 cm³/mol. The molecule has 0 aromatic rings. The van der Waals surface area contributed by atoms with Crippen molar-refractivity contribution in [3.63, 3.8) is 0 Å². The van der Waals surface area contributed by atoms with Gasteiger partial charge in [0.05, 0.1) is 0 Å². The van der Waals surface area contributed by atoms with Gasteiger partial charge in [-0.3, -0.25) is 0 Å². The van der Waals surface area contributed by atoms with Crippen molar-refractivity contribution in [1.82, 2.24) is 4.90 Å². The highest BCUT2D eigenvalue weighted by atomic mass is 15.0. The normalized spacial score (nSPS) is 8.22. The van der Waals surface area contributed by atoms with Crippen LogP contribution < -0.4 is 0 Å². The van der Waals surface area contributed by atoms with Crippen LogP contribution in [0.5, 0.6) is 0 Å². The SMILES string of the molecule is C=[N+](C)C.CCN(C)C.[H+]. The van der Waals surface area contributed by atoms with E-state index in [4.69, 9.17) is 0 Å². The van der Waals surface area contributed by atoms with Crippen LogP contribution in [0.2, 0.25) is 0 Å². The first kappa shape index (κ1) is 11.4. The number of rotatable bonds is 1. The molecular weight excluding hydrogens is 112 g/mol. The summed E-state index contributed by atoms with van der Waals surface area (Å²) in [6.07, 6.45) is 0. The highest BCUT2D eigenvalue weighted by Crippen LogP contribution is 1.63. The van der Waals surface area contributed by atoms with Crippen LogP contribution in [0.25, 0.3) is 0 Å². The van der Waals surface area contributed by atoms with Crippen molar-refractivity contribution in [3.8, 4) is 0 Å². The van der Waals surface area contributed by atoms with Gasteiger partial charge in [0.1, 0.15) is 20.8 Å². The monoisotopic (exact) mass is 132 g/mol. The average molecular weight is 132 g/mol. The summed E-state index contributed by atoms with van der Waals surface area (Å²) in [7, 11) is 7.89. The van der Waals surface area contributed by atoms with Crippen molar-refractivity contribution in [2.24, 2.45) is 0 Å². The molecule has 0 aromatic heterocycles. The molecule has 0 aliphatic carbocycles. The van der Waals surface area contributed by atoms with Crippen molar-refractivity contribution in [2.45, 2.75) is 6.92 Å². The summed E-state index contributed by atoms with van der Waals surface area (Å²) < 4.78 is 1.75. The lowest BCUT2D eigenvalue weighted by atomic mass is 10.7. The zero-order valence-corrected chi connectivity index (χ0v) is 7.31. The Bertz CT molecular complexity index is 68.0. The maximum absolute atomic E-state index is 3.47. The Morgan fingerprint density at radius 2 is 1.56 bits per heavy atom. The van der Waals surface area contributed by atoms with Crippen molar-refractivity contribution in [2.75, 3.05) is 34.7 Å². The first-order chi connectivity index (χ1) is 4.00. The van der Waals surface area contributed by atoms with Gasteiger partial charge in [0.2, 0.25) is 0 Å². The van der Waals surface area contributed by atoms with E-state index in [0.717, 1.165) is 6.54 Å². The number of hydrogen-bond donors (Lipinski definition) is 0. The fourth-order valence-electron chi connectivity index (χ4n) is 0. The van der Waals surface area contributed by atoms with E-state index in [-0.39, 0.29) is 1.43 Å². The summed E-state index contributed by atoms with van der Waals surface area (Å²) in [5.41, 5.74) is 0. The predicted octanol–water partition coefficient (Wildman–Crippen LogP) is 0.640. The molecule has 0 rings (SSSR count).